The average molecular weight is 460 g/mol. The summed E-state index contributed by atoms with van der Waals surface area (Å²) in [6.07, 6.45) is 0. The van der Waals surface area contributed by atoms with Gasteiger partial charge in [0.05, 0.1) is 23.4 Å². The van der Waals surface area contributed by atoms with Crippen LogP contribution in [0.25, 0.3) is 22.2 Å². The predicted octanol–water partition coefficient (Wildman–Crippen LogP) is 7.30. The lowest BCUT2D eigenvalue weighted by Crippen LogP contribution is -2.13. The first-order valence-corrected chi connectivity index (χ1v) is 11.6. The minimum atomic E-state index is -0.181. The number of rotatable bonds is 7. The van der Waals surface area contributed by atoms with Crippen LogP contribution in [0.5, 0.6) is 5.75 Å². The van der Waals surface area contributed by atoms with Gasteiger partial charge in [-0.3, -0.25) is 4.79 Å². The fourth-order valence-electron chi connectivity index (χ4n) is 3.92. The standard InChI is InChI=1S/C30H25N3O2/c1-2-35-25-18-12-21(13-19-25)29-20-27(26-10-6-7-11-28(26)33-29)30(34)32-24-16-14-23(15-17-24)31-22-8-4-3-5-9-22/h3-20,31H,2H2,1H3,(H,32,34). The van der Waals surface area contributed by atoms with Gasteiger partial charge in [0.25, 0.3) is 5.91 Å². The monoisotopic (exact) mass is 459 g/mol. The summed E-state index contributed by atoms with van der Waals surface area (Å²) in [5.74, 6) is 0.625. The van der Waals surface area contributed by atoms with E-state index in [9.17, 15) is 4.79 Å². The van der Waals surface area contributed by atoms with Crippen LogP contribution in [0.1, 0.15) is 17.3 Å². The fourth-order valence-corrected chi connectivity index (χ4v) is 3.92. The number of hydrogen-bond acceptors (Lipinski definition) is 4. The molecule has 2 N–H and O–H groups in total. The molecule has 0 bridgehead atoms. The van der Waals surface area contributed by atoms with Crippen LogP contribution in [-0.2, 0) is 0 Å². The number of carbonyl (C=O) groups excluding carboxylic acids is 1. The van der Waals surface area contributed by atoms with Crippen molar-refractivity contribution in [3.05, 3.63) is 115 Å². The number of pyridine rings is 1. The summed E-state index contributed by atoms with van der Waals surface area (Å²) in [5, 5.41) is 7.19. The van der Waals surface area contributed by atoms with Gasteiger partial charge in [0.1, 0.15) is 5.75 Å². The smallest absolute Gasteiger partial charge is 0.256 e. The topological polar surface area (TPSA) is 63.2 Å². The molecule has 0 aliphatic heterocycles. The van der Waals surface area contributed by atoms with Crippen molar-refractivity contribution in [3.63, 3.8) is 0 Å². The van der Waals surface area contributed by atoms with E-state index in [4.69, 9.17) is 9.72 Å². The maximum absolute atomic E-state index is 13.4. The molecule has 0 spiro atoms. The summed E-state index contributed by atoms with van der Waals surface area (Å²) in [4.78, 5) is 18.1. The Labute approximate surface area is 204 Å². The largest absolute Gasteiger partial charge is 0.494 e. The van der Waals surface area contributed by atoms with Gasteiger partial charge in [0, 0.05) is 28.0 Å². The quantitative estimate of drug-likeness (QED) is 0.268. The number of aromatic nitrogens is 1. The van der Waals surface area contributed by atoms with E-state index < -0.39 is 0 Å². The molecule has 0 saturated carbocycles. The Balaban J connectivity index is 1.41. The second-order valence-electron chi connectivity index (χ2n) is 8.05. The van der Waals surface area contributed by atoms with Crippen molar-refractivity contribution in [2.75, 3.05) is 17.2 Å². The molecule has 1 amide bonds. The summed E-state index contributed by atoms with van der Waals surface area (Å²) >= 11 is 0. The van der Waals surface area contributed by atoms with E-state index >= 15 is 0 Å². The number of anilines is 3. The predicted molar refractivity (Wildman–Crippen MR) is 142 cm³/mol. The minimum absolute atomic E-state index is 0.181. The zero-order chi connectivity index (χ0) is 24.0. The molecule has 0 saturated heterocycles. The summed E-state index contributed by atoms with van der Waals surface area (Å²) in [6, 6.07) is 34.9. The number of para-hydroxylation sites is 2. The maximum atomic E-state index is 13.4. The highest BCUT2D eigenvalue weighted by atomic mass is 16.5. The molecule has 0 radical (unpaired) electrons. The highest BCUT2D eigenvalue weighted by Gasteiger charge is 2.14. The number of nitrogens with zero attached hydrogens (tertiary/aromatic N) is 1. The van der Waals surface area contributed by atoms with Gasteiger partial charge in [0.15, 0.2) is 0 Å². The normalized spacial score (nSPS) is 10.7. The molecule has 35 heavy (non-hydrogen) atoms. The molecule has 0 aliphatic carbocycles. The van der Waals surface area contributed by atoms with Gasteiger partial charge in [-0.05, 0) is 79.7 Å². The molecule has 5 nitrogen and oxygen atoms in total. The van der Waals surface area contributed by atoms with E-state index in [0.29, 0.717) is 12.2 Å². The van der Waals surface area contributed by atoms with Crippen molar-refractivity contribution in [1.29, 1.82) is 0 Å². The van der Waals surface area contributed by atoms with Gasteiger partial charge in [-0.15, -0.1) is 0 Å². The van der Waals surface area contributed by atoms with Gasteiger partial charge < -0.3 is 15.4 Å². The number of carbonyl (C=O) groups is 1. The van der Waals surface area contributed by atoms with Crippen molar-refractivity contribution in [2.24, 2.45) is 0 Å². The van der Waals surface area contributed by atoms with Crippen LogP contribution in [0.2, 0.25) is 0 Å². The Hall–Kier alpha value is -4.64. The fraction of sp³-hybridized carbons (Fsp3) is 0.0667. The molecule has 4 aromatic carbocycles. The molecular weight excluding hydrogens is 434 g/mol. The molecule has 5 rings (SSSR count). The van der Waals surface area contributed by atoms with Gasteiger partial charge in [0.2, 0.25) is 0 Å². The average Bonchev–Trinajstić information content (AvgIpc) is 2.90. The molecule has 0 atom stereocenters. The van der Waals surface area contributed by atoms with Crippen LogP contribution in [0.4, 0.5) is 17.1 Å². The van der Waals surface area contributed by atoms with Gasteiger partial charge in [-0.2, -0.15) is 0 Å². The lowest BCUT2D eigenvalue weighted by atomic mass is 10.0. The Morgan fingerprint density at radius 3 is 2.17 bits per heavy atom. The second-order valence-corrected chi connectivity index (χ2v) is 8.05. The first-order chi connectivity index (χ1) is 17.2. The van der Waals surface area contributed by atoms with Crippen molar-refractivity contribution in [3.8, 4) is 17.0 Å². The molecular formula is C30H25N3O2. The highest BCUT2D eigenvalue weighted by Crippen LogP contribution is 2.27. The second kappa shape index (κ2) is 10.1. The number of ether oxygens (including phenoxy) is 1. The number of fused-ring (bicyclic) bond motifs is 1. The van der Waals surface area contributed by atoms with E-state index in [-0.39, 0.29) is 5.91 Å². The van der Waals surface area contributed by atoms with Crippen LogP contribution >= 0.6 is 0 Å². The van der Waals surface area contributed by atoms with Gasteiger partial charge in [-0.1, -0.05) is 36.4 Å². The third-order valence-corrected chi connectivity index (χ3v) is 5.63. The van der Waals surface area contributed by atoms with Crippen molar-refractivity contribution < 1.29 is 9.53 Å². The van der Waals surface area contributed by atoms with Crippen molar-refractivity contribution in [2.45, 2.75) is 6.92 Å². The maximum Gasteiger partial charge on any atom is 0.256 e. The van der Waals surface area contributed by atoms with Crippen LogP contribution in [0, 0.1) is 0 Å². The van der Waals surface area contributed by atoms with Gasteiger partial charge in [-0.25, -0.2) is 4.98 Å². The SMILES string of the molecule is CCOc1ccc(-c2cc(C(=O)Nc3ccc(Nc4ccccc4)cc3)c3ccccc3n2)cc1. The highest BCUT2D eigenvalue weighted by molar-refractivity contribution is 6.13. The summed E-state index contributed by atoms with van der Waals surface area (Å²) < 4.78 is 5.55. The number of nitrogens with one attached hydrogen (secondary N) is 2. The molecule has 1 heterocycles. The van der Waals surface area contributed by atoms with E-state index in [0.717, 1.165) is 45.0 Å². The minimum Gasteiger partial charge on any atom is -0.494 e. The van der Waals surface area contributed by atoms with E-state index in [1.165, 1.54) is 0 Å². The lowest BCUT2D eigenvalue weighted by molar-refractivity contribution is 0.102. The molecule has 0 fully saturated rings. The molecule has 5 aromatic rings. The molecule has 1 aromatic heterocycles. The third-order valence-electron chi connectivity index (χ3n) is 5.63. The van der Waals surface area contributed by atoms with Crippen LogP contribution < -0.4 is 15.4 Å². The lowest BCUT2D eigenvalue weighted by Gasteiger charge is -2.12. The van der Waals surface area contributed by atoms with Crippen LogP contribution in [0.3, 0.4) is 0 Å². The summed E-state index contributed by atoms with van der Waals surface area (Å²) in [7, 11) is 0. The Bertz CT molecular complexity index is 1450. The summed E-state index contributed by atoms with van der Waals surface area (Å²) in [6.45, 7) is 2.57. The molecule has 172 valence electrons. The van der Waals surface area contributed by atoms with Crippen molar-refractivity contribution >= 4 is 33.9 Å². The van der Waals surface area contributed by atoms with Crippen LogP contribution in [-0.4, -0.2) is 17.5 Å². The van der Waals surface area contributed by atoms with Gasteiger partial charge >= 0.3 is 0 Å². The van der Waals surface area contributed by atoms with E-state index in [1.807, 2.05) is 116 Å². The molecule has 0 unspecified atom stereocenters. The molecule has 0 aliphatic rings. The Kier molecular flexibility index (Phi) is 6.39. The first-order valence-electron chi connectivity index (χ1n) is 11.6. The molecule has 5 heteroatoms. The first kappa shape index (κ1) is 22.2. The number of amides is 1. The third kappa shape index (κ3) is 5.14. The van der Waals surface area contributed by atoms with Crippen molar-refractivity contribution in [1.82, 2.24) is 4.98 Å². The Morgan fingerprint density at radius 1 is 0.771 bits per heavy atom. The number of benzene rings is 4. The zero-order valence-electron chi connectivity index (χ0n) is 19.4. The number of hydrogen-bond donors (Lipinski definition) is 2. The Morgan fingerprint density at radius 2 is 1.43 bits per heavy atom. The van der Waals surface area contributed by atoms with E-state index in [2.05, 4.69) is 10.6 Å². The van der Waals surface area contributed by atoms with E-state index in [1.54, 1.807) is 0 Å². The van der Waals surface area contributed by atoms with Crippen LogP contribution in [0.15, 0.2) is 109 Å². The zero-order valence-corrected chi connectivity index (χ0v) is 19.4. The summed E-state index contributed by atoms with van der Waals surface area (Å²) in [5.41, 5.74) is 5.68.